The van der Waals surface area contributed by atoms with E-state index in [1.54, 1.807) is 12.1 Å². The van der Waals surface area contributed by atoms with E-state index >= 15 is 0 Å². The van der Waals surface area contributed by atoms with Crippen molar-refractivity contribution in [2.75, 3.05) is 31.1 Å². The van der Waals surface area contributed by atoms with Gasteiger partial charge in [0.15, 0.2) is 6.61 Å². The van der Waals surface area contributed by atoms with E-state index in [4.69, 9.17) is 20.8 Å². The number of nitrogens with zero attached hydrogens (tertiary/aromatic N) is 4. The van der Waals surface area contributed by atoms with Crippen molar-refractivity contribution >= 4 is 17.5 Å². The number of nitriles is 1. The number of ether oxygens (including phenoxy) is 1. The van der Waals surface area contributed by atoms with Gasteiger partial charge in [0.1, 0.15) is 11.8 Å². The van der Waals surface area contributed by atoms with E-state index < -0.39 is 0 Å². The number of piperazine rings is 1. The predicted molar refractivity (Wildman–Crippen MR) is 136 cm³/mol. The first-order valence-corrected chi connectivity index (χ1v) is 12.0. The fourth-order valence-electron chi connectivity index (χ4n) is 4.47. The second kappa shape index (κ2) is 10.6. The number of rotatable bonds is 7. The van der Waals surface area contributed by atoms with Crippen LogP contribution in [-0.4, -0.2) is 36.1 Å². The second-order valence-electron chi connectivity index (χ2n) is 8.37. The summed E-state index contributed by atoms with van der Waals surface area (Å²) >= 11 is 6.02. The Hall–Kier alpha value is -3.79. The van der Waals surface area contributed by atoms with Crippen molar-refractivity contribution in [3.63, 3.8) is 0 Å². The third-order valence-electron chi connectivity index (χ3n) is 6.12. The molecule has 3 aromatic carbocycles. The van der Waals surface area contributed by atoms with Crippen molar-refractivity contribution in [2.24, 2.45) is 0 Å². The van der Waals surface area contributed by atoms with Gasteiger partial charge in [-0.25, -0.2) is 0 Å². The maximum atomic E-state index is 9.65. The van der Waals surface area contributed by atoms with E-state index in [-0.39, 0.29) is 18.3 Å². The molecule has 2 heterocycles. The Balaban J connectivity index is 1.29. The van der Waals surface area contributed by atoms with E-state index in [0.29, 0.717) is 22.5 Å². The monoisotopic (exact) mass is 484 g/mol. The minimum atomic E-state index is 0.124. The van der Waals surface area contributed by atoms with Crippen molar-refractivity contribution in [2.45, 2.75) is 12.6 Å². The molecule has 0 aliphatic carbocycles. The van der Waals surface area contributed by atoms with E-state index in [0.717, 1.165) is 26.2 Å². The van der Waals surface area contributed by atoms with Crippen molar-refractivity contribution in [1.29, 1.82) is 5.26 Å². The summed E-state index contributed by atoms with van der Waals surface area (Å²) in [4.78, 5) is 8.92. The molecule has 0 N–H and O–H groups in total. The molecule has 0 spiro atoms. The summed E-state index contributed by atoms with van der Waals surface area (Å²) in [5, 5.41) is 10.2. The standard InChI is InChI=1S/C28H25ClN4O2/c29-23-12-7-13-24(18-23)34-20-26-31-25(19-30)28(35-26)33-16-14-32(15-17-33)27(21-8-3-1-4-9-21)22-10-5-2-6-11-22/h1-13,18,27H,14-17,20H2. The highest BCUT2D eigenvalue weighted by molar-refractivity contribution is 6.30. The normalized spacial score (nSPS) is 14.1. The fourth-order valence-corrected chi connectivity index (χ4v) is 4.65. The second-order valence-corrected chi connectivity index (χ2v) is 8.80. The highest BCUT2D eigenvalue weighted by Gasteiger charge is 2.29. The summed E-state index contributed by atoms with van der Waals surface area (Å²) < 4.78 is 11.7. The molecule has 1 aliphatic heterocycles. The Bertz CT molecular complexity index is 1260. The zero-order valence-electron chi connectivity index (χ0n) is 19.2. The van der Waals surface area contributed by atoms with Crippen LogP contribution in [0.15, 0.2) is 89.3 Å². The van der Waals surface area contributed by atoms with Gasteiger partial charge >= 0.3 is 0 Å². The first kappa shape index (κ1) is 23.0. The molecule has 0 radical (unpaired) electrons. The number of anilines is 1. The minimum Gasteiger partial charge on any atom is -0.484 e. The third-order valence-corrected chi connectivity index (χ3v) is 6.35. The fraction of sp³-hybridized carbons (Fsp3) is 0.214. The molecule has 5 rings (SSSR count). The molecule has 6 nitrogen and oxygen atoms in total. The lowest BCUT2D eigenvalue weighted by atomic mass is 9.96. The molecular weight excluding hydrogens is 460 g/mol. The molecule has 1 aliphatic rings. The van der Waals surface area contributed by atoms with E-state index in [1.807, 2.05) is 24.3 Å². The van der Waals surface area contributed by atoms with Crippen LogP contribution in [0.3, 0.4) is 0 Å². The summed E-state index contributed by atoms with van der Waals surface area (Å²) in [5.41, 5.74) is 2.82. The molecule has 0 atom stereocenters. The Labute approximate surface area is 209 Å². The van der Waals surface area contributed by atoms with Gasteiger partial charge in [-0.05, 0) is 29.3 Å². The van der Waals surface area contributed by atoms with Crippen LogP contribution in [0.1, 0.15) is 28.8 Å². The lowest BCUT2D eigenvalue weighted by Crippen LogP contribution is -2.48. The summed E-state index contributed by atoms with van der Waals surface area (Å²) in [6, 6.07) is 30.6. The number of halogens is 1. The van der Waals surface area contributed by atoms with Crippen molar-refractivity contribution in [1.82, 2.24) is 9.88 Å². The largest absolute Gasteiger partial charge is 0.484 e. The zero-order chi connectivity index (χ0) is 24.0. The molecular formula is C28H25ClN4O2. The molecule has 0 bridgehead atoms. The van der Waals surface area contributed by atoms with Crippen LogP contribution in [0, 0.1) is 11.3 Å². The van der Waals surface area contributed by atoms with Crippen LogP contribution < -0.4 is 9.64 Å². The van der Waals surface area contributed by atoms with Gasteiger partial charge in [-0.3, -0.25) is 4.90 Å². The lowest BCUT2D eigenvalue weighted by Gasteiger charge is -2.39. The summed E-state index contributed by atoms with van der Waals surface area (Å²) in [5.74, 6) is 1.50. The molecule has 176 valence electrons. The van der Waals surface area contributed by atoms with Crippen LogP contribution in [-0.2, 0) is 6.61 Å². The molecule has 35 heavy (non-hydrogen) atoms. The average Bonchev–Trinajstić information content (AvgIpc) is 3.33. The van der Waals surface area contributed by atoms with Gasteiger partial charge in [0.05, 0.1) is 6.04 Å². The molecule has 1 fully saturated rings. The quantitative estimate of drug-likeness (QED) is 0.335. The van der Waals surface area contributed by atoms with Crippen LogP contribution in [0.2, 0.25) is 5.02 Å². The predicted octanol–water partition coefficient (Wildman–Crippen LogP) is 5.69. The Morgan fingerprint density at radius 2 is 1.57 bits per heavy atom. The summed E-state index contributed by atoms with van der Waals surface area (Å²) in [6.07, 6.45) is 0. The maximum Gasteiger partial charge on any atom is 0.236 e. The molecule has 7 heteroatoms. The number of aromatic nitrogens is 1. The smallest absolute Gasteiger partial charge is 0.236 e. The SMILES string of the molecule is N#Cc1nc(COc2cccc(Cl)c2)oc1N1CCN(C(c2ccccc2)c2ccccc2)CC1. The summed E-state index contributed by atoms with van der Waals surface area (Å²) in [6.45, 7) is 3.24. The first-order valence-electron chi connectivity index (χ1n) is 11.6. The van der Waals surface area contributed by atoms with E-state index in [9.17, 15) is 5.26 Å². The van der Waals surface area contributed by atoms with Gasteiger partial charge in [0.2, 0.25) is 17.5 Å². The number of hydrogen-bond acceptors (Lipinski definition) is 6. The van der Waals surface area contributed by atoms with Crippen molar-refractivity contribution in [3.05, 3.63) is 113 Å². The van der Waals surface area contributed by atoms with Gasteiger partial charge in [-0.2, -0.15) is 10.2 Å². The van der Waals surface area contributed by atoms with Gasteiger partial charge < -0.3 is 14.1 Å². The number of hydrogen-bond donors (Lipinski definition) is 0. The van der Waals surface area contributed by atoms with Crippen LogP contribution in [0.5, 0.6) is 5.75 Å². The van der Waals surface area contributed by atoms with Crippen LogP contribution >= 0.6 is 11.6 Å². The van der Waals surface area contributed by atoms with Gasteiger partial charge in [0.25, 0.3) is 0 Å². The number of benzene rings is 3. The van der Waals surface area contributed by atoms with Crippen molar-refractivity contribution in [3.8, 4) is 11.8 Å². The molecule has 1 saturated heterocycles. The Morgan fingerprint density at radius 3 is 2.17 bits per heavy atom. The molecule has 4 aromatic rings. The van der Waals surface area contributed by atoms with E-state index in [1.165, 1.54) is 11.1 Å². The highest BCUT2D eigenvalue weighted by Crippen LogP contribution is 2.31. The lowest BCUT2D eigenvalue weighted by molar-refractivity contribution is 0.208. The molecule has 0 amide bonds. The molecule has 0 unspecified atom stereocenters. The molecule has 1 aromatic heterocycles. The van der Waals surface area contributed by atoms with Gasteiger partial charge in [0, 0.05) is 31.2 Å². The first-order chi connectivity index (χ1) is 17.2. The van der Waals surface area contributed by atoms with Gasteiger partial charge in [-0.15, -0.1) is 0 Å². The molecule has 0 saturated carbocycles. The van der Waals surface area contributed by atoms with Crippen LogP contribution in [0.25, 0.3) is 0 Å². The number of oxazole rings is 1. The maximum absolute atomic E-state index is 9.65. The average molecular weight is 485 g/mol. The summed E-state index contributed by atoms with van der Waals surface area (Å²) in [7, 11) is 0. The van der Waals surface area contributed by atoms with Crippen molar-refractivity contribution < 1.29 is 9.15 Å². The van der Waals surface area contributed by atoms with E-state index in [2.05, 4.69) is 69.4 Å². The topological polar surface area (TPSA) is 65.5 Å². The Kier molecular flexibility index (Phi) is 6.99. The Morgan fingerprint density at radius 1 is 0.914 bits per heavy atom. The zero-order valence-corrected chi connectivity index (χ0v) is 19.9. The third kappa shape index (κ3) is 5.32. The van der Waals surface area contributed by atoms with Gasteiger partial charge in [-0.1, -0.05) is 78.3 Å². The highest BCUT2D eigenvalue weighted by atomic mass is 35.5. The minimum absolute atomic E-state index is 0.124. The van der Waals surface area contributed by atoms with Crippen LogP contribution in [0.4, 0.5) is 5.88 Å².